The van der Waals surface area contributed by atoms with E-state index in [9.17, 15) is 4.79 Å². The third kappa shape index (κ3) is 2.56. The highest BCUT2D eigenvalue weighted by Gasteiger charge is 2.11. The molecule has 0 aliphatic rings. The number of amides is 1. The van der Waals surface area contributed by atoms with Gasteiger partial charge in [0.25, 0.3) is 5.91 Å². The fraction of sp³-hybridized carbons (Fsp3) is 0.0417. The van der Waals surface area contributed by atoms with Gasteiger partial charge in [0, 0.05) is 17.8 Å². The number of nitrogens with one attached hydrogen (secondary N) is 1. The van der Waals surface area contributed by atoms with Crippen molar-refractivity contribution in [2.24, 2.45) is 0 Å². The van der Waals surface area contributed by atoms with Crippen molar-refractivity contribution in [1.82, 2.24) is 5.32 Å². The van der Waals surface area contributed by atoms with Gasteiger partial charge >= 0.3 is 0 Å². The highest BCUT2D eigenvalue weighted by Crippen LogP contribution is 2.35. The van der Waals surface area contributed by atoms with Crippen molar-refractivity contribution in [3.63, 3.8) is 0 Å². The van der Waals surface area contributed by atoms with E-state index in [1.165, 1.54) is 32.3 Å². The molecule has 0 atom stereocenters. The van der Waals surface area contributed by atoms with E-state index in [0.29, 0.717) is 17.8 Å². The summed E-state index contributed by atoms with van der Waals surface area (Å²) in [6.07, 6.45) is 0. The number of hydrogen-bond acceptors (Lipinski definition) is 2. The average Bonchev–Trinajstić information content (AvgIpc) is 2.71. The topological polar surface area (TPSA) is 55.1 Å². The van der Waals surface area contributed by atoms with Crippen LogP contribution >= 0.6 is 0 Å². The van der Waals surface area contributed by atoms with Gasteiger partial charge in [0.05, 0.1) is 0 Å². The van der Waals surface area contributed by atoms with Crippen LogP contribution in [0.3, 0.4) is 0 Å². The lowest BCUT2D eigenvalue weighted by Crippen LogP contribution is -2.22. The van der Waals surface area contributed by atoms with E-state index in [2.05, 4.69) is 59.9 Å². The first-order valence-corrected chi connectivity index (χ1v) is 9.00. The Morgan fingerprint density at radius 1 is 0.741 bits per heavy atom. The fourth-order valence-electron chi connectivity index (χ4n) is 3.86. The molecule has 3 nitrogen and oxygen atoms in total. The normalized spacial score (nSPS) is 11.4. The lowest BCUT2D eigenvalue weighted by Gasteiger charge is -2.14. The summed E-state index contributed by atoms with van der Waals surface area (Å²) in [7, 11) is 0. The fourth-order valence-corrected chi connectivity index (χ4v) is 3.86. The summed E-state index contributed by atoms with van der Waals surface area (Å²) < 4.78 is 0. The zero-order valence-electron chi connectivity index (χ0n) is 14.7. The molecule has 0 spiro atoms. The quantitative estimate of drug-likeness (QED) is 0.351. The van der Waals surface area contributed by atoms with Gasteiger partial charge < -0.3 is 11.1 Å². The van der Waals surface area contributed by atoms with E-state index < -0.39 is 0 Å². The van der Waals surface area contributed by atoms with Gasteiger partial charge in [0.2, 0.25) is 0 Å². The minimum Gasteiger partial charge on any atom is -0.399 e. The molecular formula is C24H18N2O. The van der Waals surface area contributed by atoms with Crippen LogP contribution < -0.4 is 11.1 Å². The summed E-state index contributed by atoms with van der Waals surface area (Å²) >= 11 is 0. The van der Waals surface area contributed by atoms with Gasteiger partial charge in [-0.15, -0.1) is 0 Å². The molecule has 5 aromatic rings. The Hall–Kier alpha value is -3.59. The van der Waals surface area contributed by atoms with Crippen LogP contribution in [-0.4, -0.2) is 5.91 Å². The Balaban J connectivity index is 1.55. The third-order valence-corrected chi connectivity index (χ3v) is 5.23. The van der Waals surface area contributed by atoms with Crippen LogP contribution in [0.25, 0.3) is 32.3 Å². The molecule has 3 heteroatoms. The Morgan fingerprint density at radius 2 is 1.37 bits per heavy atom. The van der Waals surface area contributed by atoms with Gasteiger partial charge in [-0.1, -0.05) is 54.6 Å². The first-order chi connectivity index (χ1) is 13.2. The number of carbonyl (C=O) groups is 1. The lowest BCUT2D eigenvalue weighted by molar-refractivity contribution is 0.0951. The number of carbonyl (C=O) groups excluding carboxylic acids is 1. The summed E-state index contributed by atoms with van der Waals surface area (Å²) in [5.74, 6) is -0.0966. The Labute approximate surface area is 156 Å². The number of benzene rings is 5. The first kappa shape index (κ1) is 15.6. The summed E-state index contributed by atoms with van der Waals surface area (Å²) in [6, 6.07) is 26.3. The third-order valence-electron chi connectivity index (χ3n) is 5.23. The van der Waals surface area contributed by atoms with Gasteiger partial charge in [-0.25, -0.2) is 0 Å². The Kier molecular flexibility index (Phi) is 3.47. The summed E-state index contributed by atoms with van der Waals surface area (Å²) in [4.78, 5) is 12.4. The van der Waals surface area contributed by atoms with Crippen LogP contribution in [0.1, 0.15) is 15.9 Å². The minimum atomic E-state index is -0.0966. The van der Waals surface area contributed by atoms with Crippen LogP contribution in [0.15, 0.2) is 78.9 Å². The SMILES string of the molecule is Nc1ccc(C(=O)NCc2ccc3ccc4cccc5ccc2c3c45)cc1. The summed E-state index contributed by atoms with van der Waals surface area (Å²) in [5, 5.41) is 10.5. The lowest BCUT2D eigenvalue weighted by atomic mass is 9.92. The molecule has 0 unspecified atom stereocenters. The molecule has 0 saturated heterocycles. The van der Waals surface area contributed by atoms with Crippen LogP contribution in [0.5, 0.6) is 0 Å². The van der Waals surface area contributed by atoms with Crippen molar-refractivity contribution in [1.29, 1.82) is 0 Å². The van der Waals surface area contributed by atoms with E-state index in [4.69, 9.17) is 5.73 Å². The van der Waals surface area contributed by atoms with Crippen LogP contribution in [0.2, 0.25) is 0 Å². The van der Waals surface area contributed by atoms with Crippen molar-refractivity contribution < 1.29 is 4.79 Å². The predicted molar refractivity (Wildman–Crippen MR) is 112 cm³/mol. The van der Waals surface area contributed by atoms with Crippen molar-refractivity contribution in [3.8, 4) is 0 Å². The van der Waals surface area contributed by atoms with Gasteiger partial charge in [-0.3, -0.25) is 4.79 Å². The van der Waals surface area contributed by atoms with Crippen molar-refractivity contribution in [2.45, 2.75) is 6.54 Å². The molecule has 0 aliphatic heterocycles. The molecule has 5 aromatic carbocycles. The smallest absolute Gasteiger partial charge is 0.251 e. The second kappa shape index (κ2) is 5.99. The maximum Gasteiger partial charge on any atom is 0.251 e. The summed E-state index contributed by atoms with van der Waals surface area (Å²) in [6.45, 7) is 0.484. The highest BCUT2D eigenvalue weighted by molar-refractivity contribution is 6.23. The molecule has 0 aliphatic carbocycles. The zero-order chi connectivity index (χ0) is 18.4. The monoisotopic (exact) mass is 350 g/mol. The number of hydrogen-bond donors (Lipinski definition) is 2. The molecular weight excluding hydrogens is 332 g/mol. The largest absolute Gasteiger partial charge is 0.399 e. The predicted octanol–water partition coefficient (Wildman–Crippen LogP) is 5.10. The van der Waals surface area contributed by atoms with Crippen LogP contribution in [0.4, 0.5) is 5.69 Å². The number of rotatable bonds is 3. The maximum atomic E-state index is 12.4. The number of nitrogen functional groups attached to an aromatic ring is 1. The second-order valence-electron chi connectivity index (χ2n) is 6.89. The zero-order valence-corrected chi connectivity index (χ0v) is 14.7. The van der Waals surface area contributed by atoms with Crippen molar-refractivity contribution >= 4 is 43.9 Å². The van der Waals surface area contributed by atoms with Gasteiger partial charge in [0.1, 0.15) is 0 Å². The molecule has 0 heterocycles. The molecule has 1 amide bonds. The second-order valence-corrected chi connectivity index (χ2v) is 6.89. The van der Waals surface area contributed by atoms with E-state index in [1.807, 2.05) is 0 Å². The molecule has 0 radical (unpaired) electrons. The molecule has 3 N–H and O–H groups in total. The maximum absolute atomic E-state index is 12.4. The van der Waals surface area contributed by atoms with E-state index in [-0.39, 0.29) is 5.91 Å². The number of nitrogens with two attached hydrogens (primary N) is 1. The molecule has 0 aromatic heterocycles. The van der Waals surface area contributed by atoms with Crippen LogP contribution in [0, 0.1) is 0 Å². The van der Waals surface area contributed by atoms with Crippen molar-refractivity contribution in [3.05, 3.63) is 90.0 Å². The molecule has 0 fully saturated rings. The van der Waals surface area contributed by atoms with E-state index >= 15 is 0 Å². The molecule has 130 valence electrons. The highest BCUT2D eigenvalue weighted by atomic mass is 16.1. The molecule has 5 rings (SSSR count). The van der Waals surface area contributed by atoms with E-state index in [0.717, 1.165) is 5.56 Å². The minimum absolute atomic E-state index is 0.0966. The van der Waals surface area contributed by atoms with Crippen LogP contribution in [-0.2, 0) is 6.54 Å². The Morgan fingerprint density at radius 3 is 2.11 bits per heavy atom. The Bertz CT molecular complexity index is 1270. The standard InChI is InChI=1S/C24H18N2O/c25-20-11-8-18(9-12-20)24(27)26-14-19-7-6-17-5-4-15-2-1-3-16-10-13-21(19)23(17)22(15)16/h1-13H,14,25H2,(H,26,27). The average molecular weight is 350 g/mol. The van der Waals surface area contributed by atoms with Gasteiger partial charge in [0.15, 0.2) is 0 Å². The van der Waals surface area contributed by atoms with Gasteiger partial charge in [-0.05, 0) is 62.1 Å². The first-order valence-electron chi connectivity index (χ1n) is 9.00. The molecule has 27 heavy (non-hydrogen) atoms. The summed E-state index contributed by atoms with van der Waals surface area (Å²) in [5.41, 5.74) is 8.07. The van der Waals surface area contributed by atoms with E-state index in [1.54, 1.807) is 24.3 Å². The molecule has 0 saturated carbocycles. The molecule has 0 bridgehead atoms. The van der Waals surface area contributed by atoms with Crippen molar-refractivity contribution in [2.75, 3.05) is 5.73 Å². The van der Waals surface area contributed by atoms with Gasteiger partial charge in [-0.2, -0.15) is 0 Å². The number of anilines is 1.